The van der Waals surface area contributed by atoms with E-state index in [2.05, 4.69) is 194 Å². The molecule has 0 atom stereocenters. The minimum absolute atomic E-state index is 1.18. The number of benzene rings is 9. The van der Waals surface area contributed by atoms with Gasteiger partial charge in [0.15, 0.2) is 0 Å². The van der Waals surface area contributed by atoms with E-state index in [1.807, 2.05) is 0 Å². The van der Waals surface area contributed by atoms with Crippen molar-refractivity contribution in [3.63, 3.8) is 0 Å². The van der Waals surface area contributed by atoms with E-state index in [-0.39, 0.29) is 0 Å². The zero-order valence-electron chi connectivity index (χ0n) is 26.5. The molecular formula is C48H32. The van der Waals surface area contributed by atoms with Gasteiger partial charge < -0.3 is 0 Å². The van der Waals surface area contributed by atoms with Crippen LogP contribution in [0.25, 0.3) is 88.6 Å². The summed E-state index contributed by atoms with van der Waals surface area (Å²) in [6, 6.07) is 66.2. The summed E-state index contributed by atoms with van der Waals surface area (Å²) in [4.78, 5) is 0. The molecule has 224 valence electrons. The topological polar surface area (TPSA) is 0 Å². The van der Waals surface area contributed by atoms with Gasteiger partial charge in [-0.05, 0) is 93.7 Å². The molecule has 0 aliphatic carbocycles. The van der Waals surface area contributed by atoms with E-state index in [9.17, 15) is 0 Å². The van der Waals surface area contributed by atoms with Gasteiger partial charge in [-0.25, -0.2) is 0 Å². The molecule has 48 heavy (non-hydrogen) atoms. The average molecular weight is 609 g/mol. The Hall–Kier alpha value is -6.24. The van der Waals surface area contributed by atoms with Crippen LogP contribution in [0, 0.1) is 0 Å². The van der Waals surface area contributed by atoms with E-state index in [0.29, 0.717) is 0 Å². The summed E-state index contributed by atoms with van der Waals surface area (Å²) in [5.74, 6) is 0. The van der Waals surface area contributed by atoms with Crippen LogP contribution in [0.4, 0.5) is 0 Å². The van der Waals surface area contributed by atoms with Crippen LogP contribution in [0.3, 0.4) is 0 Å². The standard InChI is InChI=1S/C48H32/c1-2-12-39-32-40(31-30-35(39)10-1)36-26-22-33(23-27-36)20-21-34-24-28-38(29-25-34)47-43-15-5-7-17-45(43)48(46-18-8-6-16-44(46)47)42-19-9-13-37-11-3-4-14-41(37)42/h1-32H. The maximum atomic E-state index is 2.28. The lowest BCUT2D eigenvalue weighted by Crippen LogP contribution is -1.91. The summed E-state index contributed by atoms with van der Waals surface area (Å²) >= 11 is 0. The highest BCUT2D eigenvalue weighted by atomic mass is 14.2. The first kappa shape index (κ1) is 28.0. The molecule has 0 aromatic heterocycles. The Kier molecular flexibility index (Phi) is 6.91. The van der Waals surface area contributed by atoms with Crippen LogP contribution in [0.5, 0.6) is 0 Å². The third kappa shape index (κ3) is 4.96. The van der Waals surface area contributed by atoms with Crippen LogP contribution in [-0.4, -0.2) is 0 Å². The van der Waals surface area contributed by atoms with Crippen LogP contribution in [0.1, 0.15) is 11.1 Å². The largest absolute Gasteiger partial charge is 0.0616 e. The maximum Gasteiger partial charge on any atom is -0.00201 e. The van der Waals surface area contributed by atoms with E-state index >= 15 is 0 Å². The van der Waals surface area contributed by atoms with Crippen molar-refractivity contribution < 1.29 is 0 Å². The molecular weight excluding hydrogens is 577 g/mol. The number of hydrogen-bond acceptors (Lipinski definition) is 0. The lowest BCUT2D eigenvalue weighted by atomic mass is 9.84. The molecule has 0 aliphatic heterocycles. The van der Waals surface area contributed by atoms with Gasteiger partial charge in [0.2, 0.25) is 0 Å². The highest BCUT2D eigenvalue weighted by Gasteiger charge is 2.17. The zero-order valence-corrected chi connectivity index (χ0v) is 26.5. The van der Waals surface area contributed by atoms with E-state index in [0.717, 1.165) is 0 Å². The molecule has 0 bridgehead atoms. The summed E-state index contributed by atoms with van der Waals surface area (Å²) in [7, 11) is 0. The SMILES string of the molecule is C(=Cc1ccc(-c2c3ccccc3c(-c3cccc4ccccc34)c3ccccc23)cc1)c1ccc(-c2ccc3ccccc3c2)cc1. The number of rotatable bonds is 5. The van der Waals surface area contributed by atoms with Gasteiger partial charge >= 0.3 is 0 Å². The van der Waals surface area contributed by atoms with Crippen molar-refractivity contribution in [2.24, 2.45) is 0 Å². The third-order valence-corrected chi connectivity index (χ3v) is 9.65. The molecule has 9 rings (SSSR count). The van der Waals surface area contributed by atoms with Crippen molar-refractivity contribution >= 4 is 55.2 Å². The Bertz CT molecular complexity index is 2580. The predicted octanol–water partition coefficient (Wildman–Crippen LogP) is 13.5. The molecule has 9 aromatic rings. The average Bonchev–Trinajstić information content (AvgIpc) is 3.16. The van der Waals surface area contributed by atoms with Gasteiger partial charge in [0, 0.05) is 0 Å². The number of fused-ring (bicyclic) bond motifs is 4. The Morgan fingerprint density at radius 3 is 1.35 bits per heavy atom. The summed E-state index contributed by atoms with van der Waals surface area (Å²) in [6.45, 7) is 0. The fourth-order valence-corrected chi connectivity index (χ4v) is 7.28. The third-order valence-electron chi connectivity index (χ3n) is 9.65. The van der Waals surface area contributed by atoms with Gasteiger partial charge in [-0.1, -0.05) is 188 Å². The fraction of sp³-hybridized carbons (Fsp3) is 0. The van der Waals surface area contributed by atoms with Crippen molar-refractivity contribution in [2.75, 3.05) is 0 Å². The Labute approximate surface area is 280 Å². The highest BCUT2D eigenvalue weighted by Crippen LogP contribution is 2.45. The van der Waals surface area contributed by atoms with Gasteiger partial charge in [0.1, 0.15) is 0 Å². The second kappa shape index (κ2) is 11.8. The Morgan fingerprint density at radius 2 is 0.729 bits per heavy atom. The summed E-state index contributed by atoms with van der Waals surface area (Å²) in [6.07, 6.45) is 4.40. The van der Waals surface area contributed by atoms with Gasteiger partial charge in [0.05, 0.1) is 0 Å². The van der Waals surface area contributed by atoms with Crippen LogP contribution in [0.15, 0.2) is 182 Å². The van der Waals surface area contributed by atoms with E-state index in [4.69, 9.17) is 0 Å². The molecule has 0 heteroatoms. The summed E-state index contributed by atoms with van der Waals surface area (Å²) in [5.41, 5.74) is 9.92. The van der Waals surface area contributed by atoms with Crippen LogP contribution in [-0.2, 0) is 0 Å². The summed E-state index contributed by atoms with van der Waals surface area (Å²) < 4.78 is 0. The molecule has 0 heterocycles. The van der Waals surface area contributed by atoms with Gasteiger partial charge in [-0.2, -0.15) is 0 Å². The minimum Gasteiger partial charge on any atom is -0.0616 e. The number of hydrogen-bond donors (Lipinski definition) is 0. The lowest BCUT2D eigenvalue weighted by molar-refractivity contribution is 1.61. The van der Waals surface area contributed by atoms with Crippen molar-refractivity contribution in [1.82, 2.24) is 0 Å². The van der Waals surface area contributed by atoms with Crippen LogP contribution >= 0.6 is 0 Å². The molecule has 0 saturated heterocycles. The van der Waals surface area contributed by atoms with Crippen molar-refractivity contribution in [3.05, 3.63) is 193 Å². The quantitative estimate of drug-likeness (QED) is 0.135. The van der Waals surface area contributed by atoms with Crippen molar-refractivity contribution in [3.8, 4) is 33.4 Å². The smallest absolute Gasteiger partial charge is 0.00201 e. The highest BCUT2D eigenvalue weighted by molar-refractivity contribution is 6.23. The normalized spacial score (nSPS) is 11.7. The lowest BCUT2D eigenvalue weighted by Gasteiger charge is -2.18. The van der Waals surface area contributed by atoms with Crippen molar-refractivity contribution in [1.29, 1.82) is 0 Å². The monoisotopic (exact) mass is 608 g/mol. The molecule has 0 spiro atoms. The van der Waals surface area contributed by atoms with Crippen LogP contribution < -0.4 is 0 Å². The van der Waals surface area contributed by atoms with Gasteiger partial charge in [0.25, 0.3) is 0 Å². The molecule has 0 aliphatic rings. The first-order valence-corrected chi connectivity index (χ1v) is 16.6. The predicted molar refractivity (Wildman–Crippen MR) is 208 cm³/mol. The second-order valence-corrected chi connectivity index (χ2v) is 12.5. The molecule has 0 radical (unpaired) electrons. The Morgan fingerprint density at radius 1 is 0.271 bits per heavy atom. The Balaban J connectivity index is 1.07. The maximum absolute atomic E-state index is 2.28. The first-order chi connectivity index (χ1) is 23.8. The minimum atomic E-state index is 1.18. The van der Waals surface area contributed by atoms with Gasteiger partial charge in [-0.15, -0.1) is 0 Å². The first-order valence-electron chi connectivity index (χ1n) is 16.6. The summed E-state index contributed by atoms with van der Waals surface area (Å²) in [5, 5.41) is 10.2. The molecule has 0 fully saturated rings. The zero-order chi connectivity index (χ0) is 31.9. The molecule has 0 N–H and O–H groups in total. The molecule has 0 saturated carbocycles. The van der Waals surface area contributed by atoms with E-state index in [1.165, 1.54) is 87.6 Å². The molecule has 0 unspecified atom stereocenters. The van der Waals surface area contributed by atoms with Gasteiger partial charge in [-0.3, -0.25) is 0 Å². The van der Waals surface area contributed by atoms with Crippen molar-refractivity contribution in [2.45, 2.75) is 0 Å². The molecule has 0 amide bonds. The molecule has 0 nitrogen and oxygen atoms in total. The van der Waals surface area contributed by atoms with E-state index < -0.39 is 0 Å². The molecule has 9 aromatic carbocycles. The van der Waals surface area contributed by atoms with E-state index in [1.54, 1.807) is 0 Å². The van der Waals surface area contributed by atoms with Crippen LogP contribution in [0.2, 0.25) is 0 Å². The second-order valence-electron chi connectivity index (χ2n) is 12.5. The fourth-order valence-electron chi connectivity index (χ4n) is 7.28.